The molecule has 30 heavy (non-hydrogen) atoms. The third-order valence-corrected chi connectivity index (χ3v) is 5.84. The van der Waals surface area contributed by atoms with Gasteiger partial charge in [-0.25, -0.2) is 8.42 Å². The second-order valence-electron chi connectivity index (χ2n) is 7.85. The van der Waals surface area contributed by atoms with Gasteiger partial charge in [0.15, 0.2) is 0 Å². The molecule has 7 N–H and O–H groups in total. The zero-order chi connectivity index (χ0) is 23.2. The molecule has 12 heteroatoms. The molecule has 0 aliphatic heterocycles. The highest BCUT2D eigenvalue weighted by Crippen LogP contribution is 2.20. The molecule has 0 saturated carbocycles. The number of carbonyl (C=O) groups is 3. The molecule has 0 bridgehead atoms. The van der Waals surface area contributed by atoms with Gasteiger partial charge in [-0.3, -0.25) is 14.4 Å². The van der Waals surface area contributed by atoms with E-state index in [2.05, 4.69) is 16.0 Å². The van der Waals surface area contributed by atoms with Gasteiger partial charge in [0.2, 0.25) is 17.7 Å². The van der Waals surface area contributed by atoms with Crippen molar-refractivity contribution in [3.8, 4) is 0 Å². The van der Waals surface area contributed by atoms with Crippen LogP contribution in [0, 0.1) is 5.92 Å². The van der Waals surface area contributed by atoms with Crippen LogP contribution in [0.5, 0.6) is 0 Å². The third-order valence-electron chi connectivity index (χ3n) is 4.86. The van der Waals surface area contributed by atoms with Crippen molar-refractivity contribution >= 4 is 27.6 Å². The Hall–Kier alpha value is -2.02. The standard InChI is InChI=1S/C18H32N4O7S/c1-9(2)14(20-3)18(27)22-12-7-10(8-13(23)15(12)24)17(26)21-11(16(19)25)5-6-30(4,28)29/h7,9,11-15,20,23-24H,5-6,8H2,1-4H3,(H2,19,25)(H,21,26)(H,22,27). The van der Waals surface area contributed by atoms with Crippen LogP contribution < -0.4 is 21.7 Å². The predicted octanol–water partition coefficient (Wildman–Crippen LogP) is -2.83. The number of likely N-dealkylation sites (N-methyl/N-ethyl adjacent to an activating group) is 1. The lowest BCUT2D eigenvalue weighted by Crippen LogP contribution is -2.56. The van der Waals surface area contributed by atoms with E-state index in [1.54, 1.807) is 7.05 Å². The number of amides is 3. The molecule has 5 atom stereocenters. The van der Waals surface area contributed by atoms with Crippen LogP contribution in [0.4, 0.5) is 0 Å². The van der Waals surface area contributed by atoms with Crippen molar-refractivity contribution in [2.24, 2.45) is 11.7 Å². The Morgan fingerprint density at radius 1 is 1.27 bits per heavy atom. The maximum Gasteiger partial charge on any atom is 0.247 e. The molecule has 3 amide bonds. The van der Waals surface area contributed by atoms with Crippen LogP contribution in [-0.2, 0) is 24.2 Å². The molecule has 0 aromatic heterocycles. The summed E-state index contributed by atoms with van der Waals surface area (Å²) in [5.41, 5.74) is 5.28. The summed E-state index contributed by atoms with van der Waals surface area (Å²) in [4.78, 5) is 36.6. The Kier molecular flexibility index (Phi) is 9.40. The summed E-state index contributed by atoms with van der Waals surface area (Å²) in [5.74, 6) is -2.45. The lowest BCUT2D eigenvalue weighted by molar-refractivity contribution is -0.127. The number of hydrogen-bond donors (Lipinski definition) is 6. The first-order chi connectivity index (χ1) is 13.8. The van der Waals surface area contributed by atoms with Crippen molar-refractivity contribution < 1.29 is 33.0 Å². The van der Waals surface area contributed by atoms with E-state index in [-0.39, 0.29) is 30.1 Å². The summed E-state index contributed by atoms with van der Waals surface area (Å²) < 4.78 is 22.6. The van der Waals surface area contributed by atoms with E-state index in [1.807, 2.05) is 13.8 Å². The number of nitrogens with two attached hydrogens (primary N) is 1. The summed E-state index contributed by atoms with van der Waals surface area (Å²) in [6, 6.07) is -2.79. The van der Waals surface area contributed by atoms with Gasteiger partial charge < -0.3 is 31.9 Å². The number of sulfone groups is 1. The molecular formula is C18H32N4O7S. The fourth-order valence-corrected chi connectivity index (χ4v) is 3.82. The largest absolute Gasteiger partial charge is 0.390 e. The fraction of sp³-hybridized carbons (Fsp3) is 0.722. The summed E-state index contributed by atoms with van der Waals surface area (Å²) in [5, 5.41) is 28.2. The van der Waals surface area contributed by atoms with Crippen molar-refractivity contribution in [1.29, 1.82) is 0 Å². The molecule has 0 radical (unpaired) electrons. The topological polar surface area (TPSA) is 188 Å². The minimum absolute atomic E-state index is 0.0364. The van der Waals surface area contributed by atoms with Crippen molar-refractivity contribution in [2.75, 3.05) is 19.1 Å². The zero-order valence-corrected chi connectivity index (χ0v) is 18.4. The van der Waals surface area contributed by atoms with Crippen molar-refractivity contribution in [1.82, 2.24) is 16.0 Å². The molecule has 0 fully saturated rings. The molecule has 0 spiro atoms. The van der Waals surface area contributed by atoms with Crippen LogP contribution >= 0.6 is 0 Å². The van der Waals surface area contributed by atoms with E-state index in [1.165, 1.54) is 6.08 Å². The minimum Gasteiger partial charge on any atom is -0.390 e. The van der Waals surface area contributed by atoms with Crippen LogP contribution in [0.1, 0.15) is 26.7 Å². The summed E-state index contributed by atoms with van der Waals surface area (Å²) in [6.07, 6.45) is -0.750. The lowest BCUT2D eigenvalue weighted by Gasteiger charge is -2.32. The molecule has 0 heterocycles. The first-order valence-corrected chi connectivity index (χ1v) is 11.6. The fourth-order valence-electron chi connectivity index (χ4n) is 3.15. The number of carbonyl (C=O) groups excluding carboxylic acids is 3. The molecule has 172 valence electrons. The number of hydrogen-bond acceptors (Lipinski definition) is 8. The van der Waals surface area contributed by atoms with Crippen molar-refractivity contribution in [3.05, 3.63) is 11.6 Å². The Balaban J connectivity index is 2.97. The minimum atomic E-state index is -3.37. The third kappa shape index (κ3) is 7.67. The molecule has 1 aliphatic rings. The Morgan fingerprint density at radius 3 is 2.33 bits per heavy atom. The number of primary amides is 1. The molecule has 1 rings (SSSR count). The van der Waals surface area contributed by atoms with Crippen LogP contribution in [0.2, 0.25) is 0 Å². The van der Waals surface area contributed by atoms with Crippen LogP contribution in [0.25, 0.3) is 0 Å². The van der Waals surface area contributed by atoms with E-state index in [9.17, 15) is 33.0 Å². The molecule has 0 saturated heterocycles. The summed E-state index contributed by atoms with van der Waals surface area (Å²) in [6.45, 7) is 3.67. The van der Waals surface area contributed by atoms with Crippen molar-refractivity contribution in [3.63, 3.8) is 0 Å². The van der Waals surface area contributed by atoms with Gasteiger partial charge >= 0.3 is 0 Å². The summed E-state index contributed by atoms with van der Waals surface area (Å²) in [7, 11) is -1.75. The Morgan fingerprint density at radius 2 is 1.87 bits per heavy atom. The monoisotopic (exact) mass is 448 g/mol. The van der Waals surface area contributed by atoms with Gasteiger partial charge in [0.25, 0.3) is 0 Å². The molecule has 1 aliphatic carbocycles. The SMILES string of the molecule is CNC(C(=O)NC1C=C(C(=O)NC(CCS(C)(=O)=O)C(N)=O)CC(O)C1O)C(C)C. The zero-order valence-electron chi connectivity index (χ0n) is 17.6. The second-order valence-corrected chi connectivity index (χ2v) is 10.1. The molecule has 0 aromatic carbocycles. The highest BCUT2D eigenvalue weighted by Gasteiger charge is 2.35. The number of aliphatic hydroxyl groups excluding tert-OH is 2. The predicted molar refractivity (Wildman–Crippen MR) is 110 cm³/mol. The maximum atomic E-state index is 12.6. The van der Waals surface area contributed by atoms with E-state index < -0.39 is 57.9 Å². The van der Waals surface area contributed by atoms with Gasteiger partial charge in [0.05, 0.1) is 23.9 Å². The molecule has 5 unspecified atom stereocenters. The second kappa shape index (κ2) is 10.8. The first kappa shape index (κ1) is 26.0. The maximum absolute atomic E-state index is 12.6. The lowest BCUT2D eigenvalue weighted by atomic mass is 9.89. The van der Waals surface area contributed by atoms with E-state index in [4.69, 9.17) is 5.73 Å². The number of aliphatic hydroxyl groups is 2. The van der Waals surface area contributed by atoms with Gasteiger partial charge in [0, 0.05) is 18.2 Å². The molecule has 0 aromatic rings. The molecule has 11 nitrogen and oxygen atoms in total. The highest BCUT2D eigenvalue weighted by atomic mass is 32.2. The number of nitrogens with one attached hydrogen (secondary N) is 3. The van der Waals surface area contributed by atoms with Crippen LogP contribution in [-0.4, -0.2) is 85.7 Å². The Bertz CT molecular complexity index is 781. The quantitative estimate of drug-likeness (QED) is 0.206. The van der Waals surface area contributed by atoms with Gasteiger partial charge in [-0.2, -0.15) is 0 Å². The van der Waals surface area contributed by atoms with Gasteiger partial charge in [0.1, 0.15) is 22.0 Å². The average molecular weight is 449 g/mol. The van der Waals surface area contributed by atoms with Crippen molar-refractivity contribution in [2.45, 2.75) is 57.0 Å². The summed E-state index contributed by atoms with van der Waals surface area (Å²) >= 11 is 0. The average Bonchev–Trinajstić information content (AvgIpc) is 2.61. The Labute approximate surface area is 176 Å². The van der Waals surface area contributed by atoms with Gasteiger partial charge in [-0.15, -0.1) is 0 Å². The smallest absolute Gasteiger partial charge is 0.247 e. The van der Waals surface area contributed by atoms with Gasteiger partial charge in [-0.05, 0) is 19.4 Å². The van der Waals surface area contributed by atoms with Gasteiger partial charge in [-0.1, -0.05) is 19.9 Å². The van der Waals surface area contributed by atoms with Crippen LogP contribution in [0.3, 0.4) is 0 Å². The normalized spacial score (nSPS) is 24.0. The first-order valence-electron chi connectivity index (χ1n) is 9.59. The number of rotatable bonds is 10. The van der Waals surface area contributed by atoms with E-state index >= 15 is 0 Å². The van der Waals surface area contributed by atoms with E-state index in [0.717, 1.165) is 6.26 Å². The van der Waals surface area contributed by atoms with E-state index in [0.29, 0.717) is 0 Å². The molecular weight excluding hydrogens is 416 g/mol. The van der Waals surface area contributed by atoms with Crippen LogP contribution in [0.15, 0.2) is 11.6 Å². The highest BCUT2D eigenvalue weighted by molar-refractivity contribution is 7.90.